The molecule has 110 valence electrons. The van der Waals surface area contributed by atoms with Gasteiger partial charge in [0.15, 0.2) is 0 Å². The Morgan fingerprint density at radius 3 is 2.18 bits per heavy atom. The summed E-state index contributed by atoms with van der Waals surface area (Å²) in [6.45, 7) is 0. The van der Waals surface area contributed by atoms with Crippen molar-refractivity contribution in [1.82, 2.24) is 0 Å². The highest BCUT2D eigenvalue weighted by Gasteiger charge is 2.15. The van der Waals surface area contributed by atoms with E-state index in [0.717, 1.165) is 11.3 Å². The Morgan fingerprint density at radius 1 is 0.955 bits per heavy atom. The molecule has 2 aromatic carbocycles. The Bertz CT molecular complexity index is 829. The lowest BCUT2D eigenvalue weighted by Gasteiger charge is -2.20. The van der Waals surface area contributed by atoms with E-state index in [9.17, 15) is 4.79 Å². The number of anilines is 2. The van der Waals surface area contributed by atoms with Gasteiger partial charge in [-0.1, -0.05) is 60.1 Å². The summed E-state index contributed by atoms with van der Waals surface area (Å²) in [5.41, 5.74) is 1.84. The van der Waals surface area contributed by atoms with Crippen LogP contribution in [0.5, 0.6) is 0 Å². The molecule has 3 aromatic rings. The Labute approximate surface area is 133 Å². The lowest BCUT2D eigenvalue weighted by atomic mass is 10.1. The maximum absolute atomic E-state index is 12.0. The molecule has 0 amide bonds. The molecule has 0 saturated carbocycles. The van der Waals surface area contributed by atoms with Crippen LogP contribution in [0.1, 0.15) is 0 Å². The molecule has 1 heterocycles. The van der Waals surface area contributed by atoms with Gasteiger partial charge in [0.2, 0.25) is 0 Å². The molecule has 22 heavy (non-hydrogen) atoms. The fourth-order valence-corrected chi connectivity index (χ4v) is 2.47. The van der Waals surface area contributed by atoms with Gasteiger partial charge in [-0.25, -0.2) is 4.79 Å². The van der Waals surface area contributed by atoms with Gasteiger partial charge in [-0.3, -0.25) is 0 Å². The van der Waals surface area contributed by atoms with Crippen molar-refractivity contribution >= 4 is 23.0 Å². The van der Waals surface area contributed by atoms with E-state index < -0.39 is 5.63 Å². The van der Waals surface area contributed by atoms with E-state index in [1.54, 1.807) is 6.07 Å². The second-order valence-electron chi connectivity index (χ2n) is 4.86. The van der Waals surface area contributed by atoms with Gasteiger partial charge in [-0.05, 0) is 12.1 Å². The first-order valence-electron chi connectivity index (χ1n) is 6.84. The minimum atomic E-state index is -0.541. The normalized spacial score (nSPS) is 10.5. The number of hydrogen-bond donors (Lipinski definition) is 0. The number of halogens is 1. The molecule has 0 saturated heterocycles. The smallest absolute Gasteiger partial charge is 0.357 e. The molecule has 0 unspecified atom stereocenters. The Morgan fingerprint density at radius 2 is 1.55 bits per heavy atom. The average molecular weight is 312 g/mol. The van der Waals surface area contributed by atoms with E-state index in [2.05, 4.69) is 0 Å². The molecule has 1 aromatic heterocycles. The summed E-state index contributed by atoms with van der Waals surface area (Å²) in [7, 11) is 1.87. The summed E-state index contributed by atoms with van der Waals surface area (Å²) in [6, 6.07) is 21.0. The molecule has 0 aliphatic rings. The van der Waals surface area contributed by atoms with E-state index in [1.165, 1.54) is 0 Å². The van der Waals surface area contributed by atoms with Crippen molar-refractivity contribution in [3.63, 3.8) is 0 Å². The van der Waals surface area contributed by atoms with Crippen molar-refractivity contribution in [3.8, 4) is 11.3 Å². The summed E-state index contributed by atoms with van der Waals surface area (Å²) in [4.78, 5) is 13.9. The zero-order valence-electron chi connectivity index (χ0n) is 12.0. The highest BCUT2D eigenvalue weighted by atomic mass is 35.5. The number of benzene rings is 2. The summed E-state index contributed by atoms with van der Waals surface area (Å²) in [6.07, 6.45) is 0. The third-order valence-electron chi connectivity index (χ3n) is 3.44. The second-order valence-corrected chi connectivity index (χ2v) is 5.24. The minimum Gasteiger partial charge on any atom is -0.422 e. The molecule has 0 aliphatic heterocycles. The van der Waals surface area contributed by atoms with Crippen LogP contribution in [0, 0.1) is 0 Å². The molecule has 0 spiro atoms. The number of nitrogens with zero attached hydrogens (tertiary/aromatic N) is 1. The van der Waals surface area contributed by atoms with Gasteiger partial charge in [0.05, 0.1) is 5.69 Å². The van der Waals surface area contributed by atoms with Crippen LogP contribution in [0.15, 0.2) is 75.9 Å². The summed E-state index contributed by atoms with van der Waals surface area (Å²) in [5.74, 6) is 0.493. The van der Waals surface area contributed by atoms with Crippen LogP contribution in [-0.2, 0) is 0 Å². The maximum atomic E-state index is 12.0. The lowest BCUT2D eigenvalue weighted by molar-refractivity contribution is 0.526. The van der Waals surface area contributed by atoms with Crippen LogP contribution >= 0.6 is 11.6 Å². The number of para-hydroxylation sites is 1. The molecular weight excluding hydrogens is 298 g/mol. The quantitative estimate of drug-likeness (QED) is 0.701. The van der Waals surface area contributed by atoms with Gasteiger partial charge in [0, 0.05) is 24.4 Å². The van der Waals surface area contributed by atoms with Crippen molar-refractivity contribution in [1.29, 1.82) is 0 Å². The molecule has 0 bridgehead atoms. The average Bonchev–Trinajstić information content (AvgIpc) is 2.58. The molecule has 0 fully saturated rings. The van der Waals surface area contributed by atoms with Gasteiger partial charge in [-0.2, -0.15) is 0 Å². The Hall–Kier alpha value is -2.52. The lowest BCUT2D eigenvalue weighted by Crippen LogP contribution is -2.14. The molecule has 0 atom stereocenters. The molecule has 4 heteroatoms. The third kappa shape index (κ3) is 2.76. The molecule has 0 radical (unpaired) electrons. The topological polar surface area (TPSA) is 33.5 Å². The fourth-order valence-electron chi connectivity index (χ4n) is 2.25. The Kier molecular flexibility index (Phi) is 3.98. The van der Waals surface area contributed by atoms with Crippen LogP contribution in [-0.4, -0.2) is 7.05 Å². The zero-order valence-corrected chi connectivity index (χ0v) is 12.7. The highest BCUT2D eigenvalue weighted by Crippen LogP contribution is 2.32. The van der Waals surface area contributed by atoms with E-state index in [0.29, 0.717) is 11.4 Å². The van der Waals surface area contributed by atoms with Crippen molar-refractivity contribution in [2.75, 3.05) is 11.9 Å². The van der Waals surface area contributed by atoms with Crippen molar-refractivity contribution < 1.29 is 4.42 Å². The monoisotopic (exact) mass is 311 g/mol. The van der Waals surface area contributed by atoms with Gasteiger partial charge < -0.3 is 9.32 Å². The summed E-state index contributed by atoms with van der Waals surface area (Å²) >= 11 is 6.15. The van der Waals surface area contributed by atoms with E-state index >= 15 is 0 Å². The summed E-state index contributed by atoms with van der Waals surface area (Å²) in [5, 5.41) is 0.0750. The SMILES string of the molecule is CN(c1ccccc1)c1cc(-c2ccccc2)oc(=O)c1Cl. The van der Waals surface area contributed by atoms with Gasteiger partial charge in [-0.15, -0.1) is 0 Å². The molecule has 3 nitrogen and oxygen atoms in total. The molecular formula is C18H14ClNO2. The van der Waals surface area contributed by atoms with Crippen LogP contribution in [0.25, 0.3) is 11.3 Å². The third-order valence-corrected chi connectivity index (χ3v) is 3.79. The first-order chi connectivity index (χ1) is 10.7. The molecule has 3 rings (SSSR count). The molecule has 0 aliphatic carbocycles. The fraction of sp³-hybridized carbons (Fsp3) is 0.0556. The van der Waals surface area contributed by atoms with Gasteiger partial charge in [0.1, 0.15) is 10.8 Å². The highest BCUT2D eigenvalue weighted by molar-refractivity contribution is 6.33. The number of rotatable bonds is 3. The van der Waals surface area contributed by atoms with Crippen LogP contribution in [0.3, 0.4) is 0 Å². The van der Waals surface area contributed by atoms with Crippen LogP contribution < -0.4 is 10.5 Å². The predicted octanol–water partition coefficient (Wildman–Crippen LogP) is 4.73. The molecule has 0 N–H and O–H groups in total. The van der Waals surface area contributed by atoms with Crippen molar-refractivity contribution in [2.24, 2.45) is 0 Å². The first-order valence-corrected chi connectivity index (χ1v) is 7.22. The zero-order chi connectivity index (χ0) is 15.5. The van der Waals surface area contributed by atoms with Gasteiger partial charge >= 0.3 is 5.63 Å². The van der Waals surface area contributed by atoms with Crippen molar-refractivity contribution in [3.05, 3.63) is 82.2 Å². The maximum Gasteiger partial charge on any atom is 0.357 e. The standard InChI is InChI=1S/C18H14ClNO2/c1-20(14-10-6-3-7-11-14)15-12-16(22-18(21)17(15)19)13-8-4-2-5-9-13/h2-12H,1H3. The van der Waals surface area contributed by atoms with Crippen molar-refractivity contribution in [2.45, 2.75) is 0 Å². The second kappa shape index (κ2) is 6.08. The largest absolute Gasteiger partial charge is 0.422 e. The minimum absolute atomic E-state index is 0.0750. The van der Waals surface area contributed by atoms with Crippen LogP contribution in [0.4, 0.5) is 11.4 Å². The van der Waals surface area contributed by atoms with E-state index in [-0.39, 0.29) is 5.02 Å². The van der Waals surface area contributed by atoms with Crippen LogP contribution in [0.2, 0.25) is 5.02 Å². The van der Waals surface area contributed by atoms with Gasteiger partial charge in [0.25, 0.3) is 0 Å². The van der Waals surface area contributed by atoms with E-state index in [1.807, 2.05) is 72.6 Å². The first kappa shape index (κ1) is 14.4. The Balaban J connectivity index is 2.12. The summed E-state index contributed by atoms with van der Waals surface area (Å²) < 4.78 is 5.31. The van der Waals surface area contributed by atoms with E-state index in [4.69, 9.17) is 16.0 Å². The predicted molar refractivity (Wildman–Crippen MR) is 89.9 cm³/mol. The number of hydrogen-bond acceptors (Lipinski definition) is 3.